The molecule has 7 nitrogen and oxygen atoms in total. The van der Waals surface area contributed by atoms with E-state index in [9.17, 15) is 9.59 Å². The number of fused-ring (bicyclic) bond motifs is 1. The van der Waals surface area contributed by atoms with Gasteiger partial charge in [-0.3, -0.25) is 19.5 Å². The molecule has 3 aromatic carbocycles. The molecule has 5 rings (SSSR count). The number of Topliss-reactive ketones (excluding diaryl/α,β-unsaturated/α-hetero) is 1. The predicted octanol–water partition coefficient (Wildman–Crippen LogP) is 4.80. The highest BCUT2D eigenvalue weighted by Crippen LogP contribution is 2.37. The molecule has 0 aromatic heterocycles. The minimum Gasteiger partial charge on any atom is -0.497 e. The van der Waals surface area contributed by atoms with Gasteiger partial charge in [0, 0.05) is 10.9 Å². The molecule has 0 bridgehead atoms. The van der Waals surface area contributed by atoms with Crippen molar-refractivity contribution in [3.63, 3.8) is 0 Å². The molecular formula is C26H22BrN3O4. The fourth-order valence-electron chi connectivity index (χ4n) is 4.32. The highest BCUT2D eigenvalue weighted by atomic mass is 79.9. The van der Waals surface area contributed by atoms with Crippen LogP contribution in [-0.4, -0.2) is 43.3 Å². The van der Waals surface area contributed by atoms with Gasteiger partial charge in [0.25, 0.3) is 5.78 Å². The van der Waals surface area contributed by atoms with Gasteiger partial charge in [0.2, 0.25) is 0 Å². The van der Waals surface area contributed by atoms with Crippen LogP contribution in [0, 0.1) is 0 Å². The van der Waals surface area contributed by atoms with E-state index in [1.54, 1.807) is 26.4 Å². The zero-order chi connectivity index (χ0) is 23.8. The third-order valence-electron chi connectivity index (χ3n) is 6.14. The maximum atomic E-state index is 12.9. The van der Waals surface area contributed by atoms with E-state index in [1.807, 2.05) is 59.6 Å². The first-order chi connectivity index (χ1) is 16.5. The summed E-state index contributed by atoms with van der Waals surface area (Å²) in [6.45, 7) is 0.162. The number of ether oxygens (including phenoxy) is 2. The van der Waals surface area contributed by atoms with Crippen molar-refractivity contribution in [2.45, 2.75) is 12.5 Å². The molecule has 0 saturated heterocycles. The van der Waals surface area contributed by atoms with Gasteiger partial charge >= 0.3 is 5.91 Å². The predicted molar refractivity (Wildman–Crippen MR) is 133 cm³/mol. The molecule has 1 amide bonds. The number of rotatable bonds is 6. The molecule has 0 saturated carbocycles. The van der Waals surface area contributed by atoms with Gasteiger partial charge < -0.3 is 9.47 Å². The summed E-state index contributed by atoms with van der Waals surface area (Å²) in [7, 11) is 3.27. The summed E-state index contributed by atoms with van der Waals surface area (Å²) in [5, 5.41) is 6.77. The van der Waals surface area contributed by atoms with Crippen molar-refractivity contribution in [3.05, 3.63) is 87.9 Å². The molecule has 0 spiro atoms. The maximum Gasteiger partial charge on any atom is 0.301 e. The van der Waals surface area contributed by atoms with Crippen LogP contribution in [0.2, 0.25) is 0 Å². The number of amides is 1. The van der Waals surface area contributed by atoms with Crippen molar-refractivity contribution >= 4 is 39.0 Å². The zero-order valence-electron chi connectivity index (χ0n) is 18.7. The van der Waals surface area contributed by atoms with Gasteiger partial charge in [-0.15, -0.1) is 0 Å². The number of benzene rings is 3. The number of nitrogens with zero attached hydrogens (tertiary/aromatic N) is 3. The third-order valence-corrected chi connectivity index (χ3v) is 6.63. The van der Waals surface area contributed by atoms with Crippen LogP contribution in [0.15, 0.2) is 76.3 Å². The Morgan fingerprint density at radius 3 is 2.24 bits per heavy atom. The number of halogens is 1. The number of methoxy groups -OCH3 is 2. The number of carbonyl (C=O) groups is 2. The monoisotopic (exact) mass is 519 g/mol. The fraction of sp³-hybridized carbons (Fsp3) is 0.192. The van der Waals surface area contributed by atoms with E-state index in [4.69, 9.17) is 14.6 Å². The summed E-state index contributed by atoms with van der Waals surface area (Å²) in [6.07, 6.45) is 0.655. The summed E-state index contributed by atoms with van der Waals surface area (Å²) in [4.78, 5) is 27.0. The van der Waals surface area contributed by atoms with E-state index in [1.165, 1.54) is 4.90 Å². The molecule has 1 atom stereocenters. The average molecular weight is 520 g/mol. The molecule has 3 aromatic rings. The first kappa shape index (κ1) is 22.2. The van der Waals surface area contributed by atoms with Crippen LogP contribution in [0.4, 0.5) is 5.69 Å². The van der Waals surface area contributed by atoms with Crippen molar-refractivity contribution in [2.75, 3.05) is 25.8 Å². The van der Waals surface area contributed by atoms with E-state index in [2.05, 4.69) is 15.9 Å². The number of anilines is 1. The molecule has 0 unspecified atom stereocenters. The minimum atomic E-state index is -0.547. The van der Waals surface area contributed by atoms with E-state index in [-0.39, 0.29) is 12.7 Å². The fourth-order valence-corrected chi connectivity index (χ4v) is 4.68. The second kappa shape index (κ2) is 8.95. The Morgan fingerprint density at radius 2 is 1.59 bits per heavy atom. The van der Waals surface area contributed by atoms with E-state index < -0.39 is 11.7 Å². The summed E-state index contributed by atoms with van der Waals surface area (Å²) >= 11 is 3.38. The smallest absolute Gasteiger partial charge is 0.301 e. The van der Waals surface area contributed by atoms with Gasteiger partial charge in [0.1, 0.15) is 18.2 Å². The number of carbonyl (C=O) groups excluding carboxylic acids is 2. The van der Waals surface area contributed by atoms with Crippen LogP contribution in [0.1, 0.15) is 33.9 Å². The lowest BCUT2D eigenvalue weighted by atomic mass is 9.98. The normalized spacial score (nSPS) is 17.1. The van der Waals surface area contributed by atoms with Crippen molar-refractivity contribution in [3.8, 4) is 11.5 Å². The Hall–Kier alpha value is -3.65. The molecule has 2 heterocycles. The summed E-state index contributed by atoms with van der Waals surface area (Å²) in [5.74, 6) is 0.491. The van der Waals surface area contributed by atoms with Crippen LogP contribution < -0.4 is 14.4 Å². The van der Waals surface area contributed by atoms with Crippen molar-refractivity contribution in [1.29, 1.82) is 0 Å². The van der Waals surface area contributed by atoms with Gasteiger partial charge in [0.15, 0.2) is 0 Å². The summed E-state index contributed by atoms with van der Waals surface area (Å²) in [5.41, 5.74) is 3.92. The Bertz CT molecular complexity index is 1290. The summed E-state index contributed by atoms with van der Waals surface area (Å²) < 4.78 is 11.3. The number of ketones is 1. The SMILES string of the molecule is COc1ccc(C2=NN(CN3C(=O)C(=O)c4cc(Br)ccc43)[C@H](c3ccc(OC)cc3)C2)cc1. The van der Waals surface area contributed by atoms with Crippen LogP contribution >= 0.6 is 15.9 Å². The topological polar surface area (TPSA) is 71.4 Å². The number of hydrogen-bond acceptors (Lipinski definition) is 6. The van der Waals surface area contributed by atoms with Crippen molar-refractivity contribution < 1.29 is 19.1 Å². The highest BCUT2D eigenvalue weighted by molar-refractivity contribution is 9.10. The van der Waals surface area contributed by atoms with Crippen LogP contribution in [0.5, 0.6) is 11.5 Å². The Balaban J connectivity index is 1.50. The van der Waals surface area contributed by atoms with Gasteiger partial charge in [-0.25, -0.2) is 0 Å². The first-order valence-electron chi connectivity index (χ1n) is 10.8. The van der Waals surface area contributed by atoms with Crippen LogP contribution in [0.3, 0.4) is 0 Å². The second-order valence-electron chi connectivity index (χ2n) is 8.07. The van der Waals surface area contributed by atoms with E-state index >= 15 is 0 Å². The zero-order valence-corrected chi connectivity index (χ0v) is 20.3. The molecule has 172 valence electrons. The van der Waals surface area contributed by atoms with Crippen LogP contribution in [0.25, 0.3) is 0 Å². The van der Waals surface area contributed by atoms with Gasteiger partial charge in [-0.05, 0) is 65.7 Å². The van der Waals surface area contributed by atoms with E-state index in [0.717, 1.165) is 32.8 Å². The highest BCUT2D eigenvalue weighted by Gasteiger charge is 2.39. The lowest BCUT2D eigenvalue weighted by Gasteiger charge is -2.28. The third kappa shape index (κ3) is 3.94. The molecule has 8 heteroatoms. The van der Waals surface area contributed by atoms with Gasteiger partial charge in [-0.1, -0.05) is 28.1 Å². The lowest BCUT2D eigenvalue weighted by molar-refractivity contribution is -0.114. The van der Waals surface area contributed by atoms with Gasteiger partial charge in [0.05, 0.1) is 37.2 Å². The molecular weight excluding hydrogens is 498 g/mol. The average Bonchev–Trinajstić information content (AvgIpc) is 3.39. The molecule has 2 aliphatic rings. The Morgan fingerprint density at radius 1 is 0.941 bits per heavy atom. The number of hydrazone groups is 1. The molecule has 0 aliphatic carbocycles. The molecule has 0 fully saturated rings. The molecule has 34 heavy (non-hydrogen) atoms. The quantitative estimate of drug-likeness (QED) is 0.437. The standard InChI is InChI=1S/C26H22BrN3O4/c1-33-19-8-3-16(4-9-19)22-14-24(17-5-10-20(34-2)11-6-17)30(28-22)15-29-23-12-7-18(27)13-21(23)25(31)26(29)32/h3-13,24H,14-15H2,1-2H3/t24-/m0/s1. The number of hydrogen-bond donors (Lipinski definition) is 0. The lowest BCUT2D eigenvalue weighted by Crippen LogP contribution is -2.39. The molecule has 2 aliphatic heterocycles. The van der Waals surface area contributed by atoms with Crippen molar-refractivity contribution in [1.82, 2.24) is 5.01 Å². The maximum absolute atomic E-state index is 12.9. The second-order valence-corrected chi connectivity index (χ2v) is 8.99. The van der Waals surface area contributed by atoms with Crippen LogP contribution in [-0.2, 0) is 4.79 Å². The molecule has 0 N–H and O–H groups in total. The largest absolute Gasteiger partial charge is 0.497 e. The van der Waals surface area contributed by atoms with E-state index in [0.29, 0.717) is 17.7 Å². The van der Waals surface area contributed by atoms with Crippen molar-refractivity contribution in [2.24, 2.45) is 5.10 Å². The minimum absolute atomic E-state index is 0.106. The molecule has 0 radical (unpaired) electrons. The van der Waals surface area contributed by atoms with Gasteiger partial charge in [-0.2, -0.15) is 5.10 Å². The first-order valence-corrected chi connectivity index (χ1v) is 11.6. The Labute approximate surface area is 205 Å². The Kier molecular flexibility index (Phi) is 5.83. The summed E-state index contributed by atoms with van der Waals surface area (Å²) in [6, 6.07) is 20.8.